The van der Waals surface area contributed by atoms with Crippen LogP contribution in [0.2, 0.25) is 0 Å². The molecule has 1 aliphatic rings. The molecule has 0 spiro atoms. The molecule has 0 aromatic rings. The predicted molar refractivity (Wildman–Crippen MR) is 44.9 cm³/mol. The van der Waals surface area contributed by atoms with Gasteiger partial charge in [-0.2, -0.15) is 4.89 Å². The summed E-state index contributed by atoms with van der Waals surface area (Å²) in [6.45, 7) is 1.49. The van der Waals surface area contributed by atoms with Crippen LogP contribution < -0.4 is 0 Å². The Bertz CT molecular complexity index is 156. The molecule has 0 aliphatic carbocycles. The topological polar surface area (TPSA) is 48.0 Å². The van der Waals surface area contributed by atoms with Gasteiger partial charge in [0.05, 0.1) is 0 Å². The summed E-state index contributed by atoms with van der Waals surface area (Å²) in [6, 6.07) is 0. The van der Waals surface area contributed by atoms with Crippen LogP contribution in [0.25, 0.3) is 0 Å². The SMILES string of the molecule is COCOOC(=O)N1CCCCC1. The maximum atomic E-state index is 11.2. The average Bonchev–Trinajstić information content (AvgIpc) is 2.19. The van der Waals surface area contributed by atoms with Gasteiger partial charge in [-0.05, 0) is 19.3 Å². The summed E-state index contributed by atoms with van der Waals surface area (Å²) in [6.07, 6.45) is 2.85. The van der Waals surface area contributed by atoms with Crippen LogP contribution in [-0.2, 0) is 14.5 Å². The zero-order valence-corrected chi connectivity index (χ0v) is 7.82. The largest absolute Gasteiger partial charge is 0.441 e. The van der Waals surface area contributed by atoms with Crippen molar-refractivity contribution in [1.82, 2.24) is 4.90 Å². The molecule has 0 radical (unpaired) electrons. The van der Waals surface area contributed by atoms with Crippen LogP contribution in [0.5, 0.6) is 0 Å². The summed E-state index contributed by atoms with van der Waals surface area (Å²) < 4.78 is 4.56. The molecule has 76 valence electrons. The molecule has 1 amide bonds. The number of rotatable bonds is 3. The molecule has 0 unspecified atom stereocenters. The van der Waals surface area contributed by atoms with Crippen LogP contribution in [0.1, 0.15) is 19.3 Å². The summed E-state index contributed by atoms with van der Waals surface area (Å²) >= 11 is 0. The summed E-state index contributed by atoms with van der Waals surface area (Å²) in [5.74, 6) is 0. The quantitative estimate of drug-likeness (QED) is 0.289. The number of nitrogens with zero attached hydrogens (tertiary/aromatic N) is 1. The molecule has 0 atom stereocenters. The van der Waals surface area contributed by atoms with Gasteiger partial charge in [0.15, 0.2) is 6.79 Å². The molecule has 0 aromatic heterocycles. The Morgan fingerprint density at radius 3 is 2.62 bits per heavy atom. The first kappa shape index (κ1) is 10.3. The Morgan fingerprint density at radius 1 is 1.31 bits per heavy atom. The van der Waals surface area contributed by atoms with Gasteiger partial charge in [-0.25, -0.2) is 4.79 Å². The second-order valence-electron chi connectivity index (χ2n) is 2.92. The van der Waals surface area contributed by atoms with Crippen molar-refractivity contribution < 1.29 is 19.3 Å². The number of hydrogen-bond donors (Lipinski definition) is 0. The molecule has 5 heteroatoms. The van der Waals surface area contributed by atoms with E-state index < -0.39 is 6.09 Å². The number of likely N-dealkylation sites (tertiary alicyclic amines) is 1. The molecule has 1 heterocycles. The molecule has 1 aliphatic heterocycles. The van der Waals surface area contributed by atoms with Gasteiger partial charge in [0.25, 0.3) is 0 Å². The van der Waals surface area contributed by atoms with Crippen molar-refractivity contribution in [2.24, 2.45) is 0 Å². The van der Waals surface area contributed by atoms with E-state index in [9.17, 15) is 4.79 Å². The van der Waals surface area contributed by atoms with Crippen molar-refractivity contribution in [2.45, 2.75) is 19.3 Å². The van der Waals surface area contributed by atoms with Crippen molar-refractivity contribution in [3.8, 4) is 0 Å². The number of hydrogen-bond acceptors (Lipinski definition) is 4. The van der Waals surface area contributed by atoms with Crippen molar-refractivity contribution in [2.75, 3.05) is 27.0 Å². The van der Waals surface area contributed by atoms with E-state index in [-0.39, 0.29) is 6.79 Å². The van der Waals surface area contributed by atoms with Crippen LogP contribution in [-0.4, -0.2) is 38.0 Å². The van der Waals surface area contributed by atoms with Gasteiger partial charge in [0.1, 0.15) is 0 Å². The second-order valence-corrected chi connectivity index (χ2v) is 2.92. The monoisotopic (exact) mass is 189 g/mol. The molecule has 0 bridgehead atoms. The van der Waals surface area contributed by atoms with Crippen LogP contribution in [0, 0.1) is 0 Å². The summed E-state index contributed by atoms with van der Waals surface area (Å²) in [5, 5.41) is 0. The van der Waals surface area contributed by atoms with E-state index in [0.717, 1.165) is 25.9 Å². The standard InChI is InChI=1S/C8H15NO4/c1-11-7-12-13-8(10)9-5-3-2-4-6-9/h2-7H2,1H3. The van der Waals surface area contributed by atoms with E-state index in [1.165, 1.54) is 13.5 Å². The van der Waals surface area contributed by atoms with Crippen LogP contribution in [0.3, 0.4) is 0 Å². The summed E-state index contributed by atoms with van der Waals surface area (Å²) in [5.41, 5.74) is 0. The smallest absolute Gasteiger partial charge is 0.355 e. The van der Waals surface area contributed by atoms with Gasteiger partial charge in [0.2, 0.25) is 0 Å². The number of carbonyl (C=O) groups is 1. The summed E-state index contributed by atoms with van der Waals surface area (Å²) in [7, 11) is 1.47. The Hall–Kier alpha value is -0.810. The van der Waals surface area contributed by atoms with E-state index in [2.05, 4.69) is 14.5 Å². The van der Waals surface area contributed by atoms with Crippen molar-refractivity contribution in [3.63, 3.8) is 0 Å². The Labute approximate surface area is 77.5 Å². The third-order valence-corrected chi connectivity index (χ3v) is 1.91. The Morgan fingerprint density at radius 2 is 2.00 bits per heavy atom. The van der Waals surface area contributed by atoms with E-state index in [0.29, 0.717) is 0 Å². The number of carbonyl (C=O) groups excluding carboxylic acids is 1. The molecule has 0 N–H and O–H groups in total. The fraction of sp³-hybridized carbons (Fsp3) is 0.875. The zero-order valence-electron chi connectivity index (χ0n) is 7.82. The van der Waals surface area contributed by atoms with Crippen LogP contribution >= 0.6 is 0 Å². The highest BCUT2D eigenvalue weighted by molar-refractivity contribution is 5.66. The first-order chi connectivity index (χ1) is 6.34. The van der Waals surface area contributed by atoms with E-state index in [1.807, 2.05) is 0 Å². The first-order valence-corrected chi connectivity index (χ1v) is 4.42. The van der Waals surface area contributed by atoms with E-state index >= 15 is 0 Å². The van der Waals surface area contributed by atoms with Gasteiger partial charge in [0, 0.05) is 20.2 Å². The molecule has 0 aromatic carbocycles. The first-order valence-electron chi connectivity index (χ1n) is 4.42. The minimum absolute atomic E-state index is 0.0282. The van der Waals surface area contributed by atoms with Crippen LogP contribution in [0.4, 0.5) is 4.79 Å². The maximum Gasteiger partial charge on any atom is 0.441 e. The van der Waals surface area contributed by atoms with Crippen molar-refractivity contribution in [3.05, 3.63) is 0 Å². The van der Waals surface area contributed by atoms with Gasteiger partial charge in [-0.1, -0.05) is 0 Å². The molecular formula is C8H15NO4. The lowest BCUT2D eigenvalue weighted by Gasteiger charge is -2.24. The lowest BCUT2D eigenvalue weighted by molar-refractivity contribution is -0.290. The van der Waals surface area contributed by atoms with Gasteiger partial charge in [-0.15, -0.1) is 0 Å². The van der Waals surface area contributed by atoms with Gasteiger partial charge < -0.3 is 9.64 Å². The molecule has 0 saturated carbocycles. The molecule has 1 saturated heterocycles. The Kier molecular flexibility index (Phi) is 4.56. The predicted octanol–water partition coefficient (Wildman–Crippen LogP) is 1.14. The lowest BCUT2D eigenvalue weighted by Crippen LogP contribution is -2.36. The number of piperidine rings is 1. The second kappa shape index (κ2) is 5.77. The summed E-state index contributed by atoms with van der Waals surface area (Å²) in [4.78, 5) is 21.8. The highest BCUT2D eigenvalue weighted by atomic mass is 17.2. The fourth-order valence-corrected chi connectivity index (χ4v) is 1.25. The van der Waals surface area contributed by atoms with E-state index in [4.69, 9.17) is 0 Å². The molecule has 13 heavy (non-hydrogen) atoms. The lowest BCUT2D eigenvalue weighted by atomic mass is 10.1. The third-order valence-electron chi connectivity index (χ3n) is 1.91. The third kappa shape index (κ3) is 3.61. The highest BCUT2D eigenvalue weighted by Crippen LogP contribution is 2.09. The van der Waals surface area contributed by atoms with Crippen LogP contribution in [0.15, 0.2) is 0 Å². The number of amides is 1. The van der Waals surface area contributed by atoms with E-state index in [1.54, 1.807) is 4.90 Å². The van der Waals surface area contributed by atoms with Crippen molar-refractivity contribution >= 4 is 6.09 Å². The van der Waals surface area contributed by atoms with Gasteiger partial charge >= 0.3 is 6.09 Å². The molecule has 1 fully saturated rings. The fourth-order valence-electron chi connectivity index (χ4n) is 1.25. The minimum atomic E-state index is -0.420. The number of methoxy groups -OCH3 is 1. The Balaban J connectivity index is 2.13. The average molecular weight is 189 g/mol. The molecular weight excluding hydrogens is 174 g/mol. The maximum absolute atomic E-state index is 11.2. The zero-order chi connectivity index (χ0) is 9.52. The normalized spacial score (nSPS) is 17.2. The number of ether oxygens (including phenoxy) is 1. The highest BCUT2D eigenvalue weighted by Gasteiger charge is 2.18. The van der Waals surface area contributed by atoms with Gasteiger partial charge in [-0.3, -0.25) is 4.89 Å². The van der Waals surface area contributed by atoms with Crippen molar-refractivity contribution in [1.29, 1.82) is 0 Å². The minimum Gasteiger partial charge on any atom is -0.355 e. The molecule has 1 rings (SSSR count). The molecule has 5 nitrogen and oxygen atoms in total.